The lowest BCUT2D eigenvalue weighted by molar-refractivity contribution is -0.115. The molecule has 0 atom stereocenters. The SMILES string of the molecule is O=C(Cc1csc(-c2cccc(F)c2)n1)Nc1cc(Cl)ccc1Oc1ccccc1. The molecule has 0 saturated carbocycles. The average molecular weight is 439 g/mol. The minimum Gasteiger partial charge on any atom is -0.455 e. The Kier molecular flexibility index (Phi) is 6.07. The Bertz CT molecular complexity index is 1180. The van der Waals surface area contributed by atoms with E-state index in [2.05, 4.69) is 10.3 Å². The molecule has 1 heterocycles. The number of halogens is 2. The van der Waals surface area contributed by atoms with Crippen LogP contribution in [0.5, 0.6) is 11.5 Å². The lowest BCUT2D eigenvalue weighted by atomic mass is 10.2. The molecular weight excluding hydrogens is 423 g/mol. The molecule has 0 bridgehead atoms. The van der Waals surface area contributed by atoms with Crippen molar-refractivity contribution in [3.8, 4) is 22.1 Å². The number of hydrogen-bond donors (Lipinski definition) is 1. The van der Waals surface area contributed by atoms with E-state index in [0.717, 1.165) is 0 Å². The minimum absolute atomic E-state index is 0.0725. The van der Waals surface area contributed by atoms with Gasteiger partial charge in [0.15, 0.2) is 5.75 Å². The summed E-state index contributed by atoms with van der Waals surface area (Å²) in [6, 6.07) is 20.5. The predicted octanol–water partition coefficient (Wildman–Crippen LogP) is 6.58. The Morgan fingerprint density at radius 1 is 1.07 bits per heavy atom. The van der Waals surface area contributed by atoms with Gasteiger partial charge in [-0.25, -0.2) is 9.37 Å². The van der Waals surface area contributed by atoms with Gasteiger partial charge in [-0.05, 0) is 42.5 Å². The number of aromatic nitrogens is 1. The highest BCUT2D eigenvalue weighted by Gasteiger charge is 2.13. The molecule has 1 amide bonds. The Morgan fingerprint density at radius 3 is 2.70 bits per heavy atom. The van der Waals surface area contributed by atoms with Crippen LogP contribution in [0.25, 0.3) is 10.6 Å². The van der Waals surface area contributed by atoms with Crippen molar-refractivity contribution in [2.45, 2.75) is 6.42 Å². The zero-order valence-corrected chi connectivity index (χ0v) is 17.2. The highest BCUT2D eigenvalue weighted by Crippen LogP contribution is 2.32. The van der Waals surface area contributed by atoms with Crippen molar-refractivity contribution < 1.29 is 13.9 Å². The smallest absolute Gasteiger partial charge is 0.230 e. The Balaban J connectivity index is 1.47. The van der Waals surface area contributed by atoms with Crippen molar-refractivity contribution in [2.24, 2.45) is 0 Å². The number of benzene rings is 3. The van der Waals surface area contributed by atoms with Crippen LogP contribution in [0.4, 0.5) is 10.1 Å². The van der Waals surface area contributed by atoms with Crippen LogP contribution in [0, 0.1) is 5.82 Å². The number of amides is 1. The fraction of sp³-hybridized carbons (Fsp3) is 0.0435. The average Bonchev–Trinajstić information content (AvgIpc) is 3.19. The molecule has 4 aromatic rings. The predicted molar refractivity (Wildman–Crippen MR) is 118 cm³/mol. The van der Waals surface area contributed by atoms with E-state index < -0.39 is 0 Å². The van der Waals surface area contributed by atoms with Gasteiger partial charge in [-0.3, -0.25) is 4.79 Å². The summed E-state index contributed by atoms with van der Waals surface area (Å²) >= 11 is 7.46. The largest absolute Gasteiger partial charge is 0.455 e. The third-order valence-electron chi connectivity index (χ3n) is 4.15. The topological polar surface area (TPSA) is 51.2 Å². The van der Waals surface area contributed by atoms with E-state index >= 15 is 0 Å². The van der Waals surface area contributed by atoms with E-state index in [4.69, 9.17) is 16.3 Å². The van der Waals surface area contributed by atoms with Crippen molar-refractivity contribution in [1.82, 2.24) is 4.98 Å². The number of ether oxygens (including phenoxy) is 1. The van der Waals surface area contributed by atoms with E-state index in [1.165, 1.54) is 23.5 Å². The quantitative estimate of drug-likeness (QED) is 0.370. The third-order valence-corrected chi connectivity index (χ3v) is 5.33. The lowest BCUT2D eigenvalue weighted by Gasteiger charge is -2.12. The van der Waals surface area contributed by atoms with Crippen LogP contribution in [0.3, 0.4) is 0 Å². The number of nitrogens with one attached hydrogen (secondary N) is 1. The molecule has 0 spiro atoms. The van der Waals surface area contributed by atoms with Crippen LogP contribution in [0.15, 0.2) is 78.2 Å². The van der Waals surface area contributed by atoms with Gasteiger partial charge in [-0.2, -0.15) is 0 Å². The second-order valence-corrected chi connectivity index (χ2v) is 7.73. The maximum Gasteiger partial charge on any atom is 0.230 e. The first-order valence-corrected chi connectivity index (χ1v) is 10.4. The summed E-state index contributed by atoms with van der Waals surface area (Å²) in [7, 11) is 0. The van der Waals surface area contributed by atoms with Gasteiger partial charge in [0, 0.05) is 16.0 Å². The number of carbonyl (C=O) groups is 1. The van der Waals surface area contributed by atoms with Gasteiger partial charge >= 0.3 is 0 Å². The fourth-order valence-electron chi connectivity index (χ4n) is 2.81. The molecular formula is C23H16ClFN2O2S. The summed E-state index contributed by atoms with van der Waals surface area (Å²) in [5, 5.41) is 5.77. The van der Waals surface area contributed by atoms with Gasteiger partial charge in [0.25, 0.3) is 0 Å². The standard InChI is InChI=1S/C23H16ClFN2O2S/c24-16-9-10-21(29-19-7-2-1-3-8-19)20(12-16)27-22(28)13-18-14-30-23(26-18)15-5-4-6-17(25)11-15/h1-12,14H,13H2,(H,27,28). The summed E-state index contributed by atoms with van der Waals surface area (Å²) in [5.74, 6) is 0.549. The summed E-state index contributed by atoms with van der Waals surface area (Å²) in [6.07, 6.45) is 0.0725. The van der Waals surface area contributed by atoms with E-state index in [9.17, 15) is 9.18 Å². The number of rotatable bonds is 6. The minimum atomic E-state index is -0.325. The van der Waals surface area contributed by atoms with Crippen LogP contribution in [0.1, 0.15) is 5.69 Å². The second-order valence-electron chi connectivity index (χ2n) is 6.43. The Morgan fingerprint density at radius 2 is 1.90 bits per heavy atom. The van der Waals surface area contributed by atoms with Crippen molar-refractivity contribution in [3.63, 3.8) is 0 Å². The van der Waals surface area contributed by atoms with Crippen LogP contribution < -0.4 is 10.1 Å². The number of anilines is 1. The van der Waals surface area contributed by atoms with Crippen molar-refractivity contribution in [1.29, 1.82) is 0 Å². The van der Waals surface area contributed by atoms with Crippen molar-refractivity contribution in [2.75, 3.05) is 5.32 Å². The maximum atomic E-state index is 13.4. The molecule has 3 aromatic carbocycles. The normalized spacial score (nSPS) is 10.6. The maximum absolute atomic E-state index is 13.4. The van der Waals surface area contributed by atoms with Crippen LogP contribution in [-0.4, -0.2) is 10.9 Å². The van der Waals surface area contributed by atoms with E-state index in [-0.39, 0.29) is 18.1 Å². The fourth-order valence-corrected chi connectivity index (χ4v) is 3.79. The molecule has 0 aliphatic rings. The highest BCUT2D eigenvalue weighted by molar-refractivity contribution is 7.13. The molecule has 150 valence electrons. The second kappa shape index (κ2) is 9.07. The molecule has 0 radical (unpaired) electrons. The first-order valence-electron chi connectivity index (χ1n) is 9.09. The Labute approximate surface area is 181 Å². The first kappa shape index (κ1) is 20.1. The molecule has 1 N–H and O–H groups in total. The van der Waals surface area contributed by atoms with Crippen LogP contribution in [0.2, 0.25) is 5.02 Å². The number of hydrogen-bond acceptors (Lipinski definition) is 4. The molecule has 4 nitrogen and oxygen atoms in total. The molecule has 1 aromatic heterocycles. The molecule has 0 fully saturated rings. The van der Waals surface area contributed by atoms with Gasteiger partial charge in [-0.1, -0.05) is 41.9 Å². The van der Waals surface area contributed by atoms with Crippen LogP contribution >= 0.6 is 22.9 Å². The molecule has 0 saturated heterocycles. The summed E-state index contributed by atoms with van der Waals surface area (Å²) in [4.78, 5) is 17.0. The van der Waals surface area contributed by atoms with E-state index in [1.807, 2.05) is 30.3 Å². The zero-order valence-electron chi connectivity index (χ0n) is 15.6. The van der Waals surface area contributed by atoms with E-state index in [1.54, 1.807) is 35.7 Å². The molecule has 30 heavy (non-hydrogen) atoms. The third kappa shape index (κ3) is 5.03. The number of para-hydroxylation sites is 1. The summed E-state index contributed by atoms with van der Waals surface area (Å²) in [6.45, 7) is 0. The summed E-state index contributed by atoms with van der Waals surface area (Å²) in [5.41, 5.74) is 1.75. The highest BCUT2D eigenvalue weighted by atomic mass is 35.5. The van der Waals surface area contributed by atoms with Gasteiger partial charge in [0.05, 0.1) is 17.8 Å². The Hall–Kier alpha value is -3.22. The van der Waals surface area contributed by atoms with Gasteiger partial charge in [0.1, 0.15) is 16.6 Å². The molecule has 7 heteroatoms. The van der Waals surface area contributed by atoms with Crippen molar-refractivity contribution >= 4 is 34.5 Å². The molecule has 0 aliphatic heterocycles. The number of nitrogens with zero attached hydrogens (tertiary/aromatic N) is 1. The summed E-state index contributed by atoms with van der Waals surface area (Å²) < 4.78 is 19.3. The van der Waals surface area contributed by atoms with Gasteiger partial charge in [0.2, 0.25) is 5.91 Å². The van der Waals surface area contributed by atoms with Gasteiger partial charge < -0.3 is 10.1 Å². The monoisotopic (exact) mass is 438 g/mol. The van der Waals surface area contributed by atoms with Crippen LogP contribution in [-0.2, 0) is 11.2 Å². The van der Waals surface area contributed by atoms with Crippen molar-refractivity contribution in [3.05, 3.63) is 94.7 Å². The number of carbonyl (C=O) groups excluding carboxylic acids is 1. The first-order chi connectivity index (χ1) is 14.6. The molecule has 4 rings (SSSR count). The zero-order chi connectivity index (χ0) is 20.9. The lowest BCUT2D eigenvalue weighted by Crippen LogP contribution is -2.15. The molecule has 0 unspecified atom stereocenters. The molecule has 0 aliphatic carbocycles. The number of thiazole rings is 1. The van der Waals surface area contributed by atoms with E-state index in [0.29, 0.717) is 38.5 Å². The van der Waals surface area contributed by atoms with Gasteiger partial charge in [-0.15, -0.1) is 11.3 Å².